The van der Waals surface area contributed by atoms with Crippen molar-refractivity contribution in [1.82, 2.24) is 9.55 Å². The van der Waals surface area contributed by atoms with Crippen LogP contribution in [0.25, 0.3) is 49.9 Å². The molecule has 69 heavy (non-hydrogen) atoms. The first-order valence-corrected chi connectivity index (χ1v) is 24.5. The number of rotatable bonds is 7. The largest absolute Gasteiger partial charge is 0.457 e. The van der Waals surface area contributed by atoms with Crippen LogP contribution in [-0.4, -0.2) is 16.2 Å². The maximum atomic E-state index is 6.84. The molecule has 3 heterocycles. The Kier molecular flexibility index (Phi) is 11.1. The predicted molar refractivity (Wildman–Crippen MR) is 293 cm³/mol. The predicted octanol–water partition coefficient (Wildman–Crippen LogP) is 17.7. The number of hydrogen-bond donors (Lipinski definition) is 0. The van der Waals surface area contributed by atoms with Gasteiger partial charge < -0.3 is 14.5 Å². The van der Waals surface area contributed by atoms with Crippen molar-refractivity contribution in [2.24, 2.45) is 0 Å². The van der Waals surface area contributed by atoms with Crippen molar-refractivity contribution >= 4 is 44.6 Å². The lowest BCUT2D eigenvalue weighted by Crippen LogP contribution is -2.25. The minimum Gasteiger partial charge on any atom is -0.457 e. The zero-order chi connectivity index (χ0) is 48.6. The molecular weight excluding hydrogens is 841 g/mol. The molecule has 2 aromatic heterocycles. The lowest BCUT2D eigenvalue weighted by atomic mass is 9.81. The van der Waals surface area contributed by atoms with E-state index in [9.17, 15) is 0 Å². The van der Waals surface area contributed by atoms with Crippen molar-refractivity contribution in [3.63, 3.8) is 0 Å². The molecule has 0 radical (unpaired) electrons. The van der Waals surface area contributed by atoms with Crippen molar-refractivity contribution in [2.75, 3.05) is 16.5 Å². The first-order valence-electron chi connectivity index (χ1n) is 24.5. The Morgan fingerprint density at radius 3 is 1.55 bits per heavy atom. The minimum atomic E-state index is -0.0799. The molecule has 9 aromatic rings. The summed E-state index contributed by atoms with van der Waals surface area (Å²) in [5, 5.41) is 2.34. The fraction of sp³-hybridized carbons (Fsp3) is 0.266. The summed E-state index contributed by atoms with van der Waals surface area (Å²) < 4.78 is 9.11. The van der Waals surface area contributed by atoms with Crippen molar-refractivity contribution < 1.29 is 4.74 Å². The number of para-hydroxylation sites is 3. The average molecular weight is 907 g/mol. The summed E-state index contributed by atoms with van der Waals surface area (Å²) in [6, 6.07) is 60.2. The molecule has 0 unspecified atom stereocenters. The SMILES string of the molecule is CC(C)(C)c1ccc(-c2cc(C(C)(C)C)cc(-c3ccc(C(C)(C)C)cc3)c2N2CN(c3cccc(Oc4ccc5c6ccccc6n(-c6cc(C(C)(C)C)ccn6)c5c4)c3)c3ccccc32)cc1. The summed E-state index contributed by atoms with van der Waals surface area (Å²) in [5.74, 6) is 2.43. The van der Waals surface area contributed by atoms with Gasteiger partial charge in [-0.15, -0.1) is 0 Å². The molecule has 0 fully saturated rings. The molecule has 1 aliphatic rings. The molecule has 10 rings (SSSR count). The van der Waals surface area contributed by atoms with Crippen LogP contribution < -0.4 is 14.5 Å². The third-order valence-corrected chi connectivity index (χ3v) is 14.0. The van der Waals surface area contributed by atoms with Crippen molar-refractivity contribution in [2.45, 2.75) is 105 Å². The highest BCUT2D eigenvalue weighted by Gasteiger charge is 2.33. The van der Waals surface area contributed by atoms with Crippen LogP contribution in [0, 0.1) is 0 Å². The third kappa shape index (κ3) is 8.69. The Morgan fingerprint density at radius 1 is 0.420 bits per heavy atom. The van der Waals surface area contributed by atoms with E-state index in [-0.39, 0.29) is 21.7 Å². The fourth-order valence-electron chi connectivity index (χ4n) is 9.84. The quantitative estimate of drug-likeness (QED) is 0.160. The van der Waals surface area contributed by atoms with Gasteiger partial charge in [-0.2, -0.15) is 0 Å². The van der Waals surface area contributed by atoms with E-state index in [0.717, 1.165) is 50.8 Å². The zero-order valence-corrected chi connectivity index (χ0v) is 42.6. The van der Waals surface area contributed by atoms with E-state index in [2.05, 4.69) is 261 Å². The first-order chi connectivity index (χ1) is 32.7. The van der Waals surface area contributed by atoms with Gasteiger partial charge in [0.05, 0.1) is 28.1 Å². The number of ether oxygens (including phenoxy) is 1. The lowest BCUT2D eigenvalue weighted by Gasteiger charge is -2.30. The summed E-state index contributed by atoms with van der Waals surface area (Å²) in [6.45, 7) is 28.0. The van der Waals surface area contributed by atoms with Crippen LogP contribution in [0.2, 0.25) is 0 Å². The highest BCUT2D eigenvalue weighted by Crippen LogP contribution is 2.52. The van der Waals surface area contributed by atoms with Gasteiger partial charge in [0.15, 0.2) is 0 Å². The number of benzene rings is 7. The van der Waals surface area contributed by atoms with Gasteiger partial charge in [-0.05, 0) is 122 Å². The second kappa shape index (κ2) is 16.8. The zero-order valence-electron chi connectivity index (χ0n) is 42.6. The number of aromatic nitrogens is 2. The van der Waals surface area contributed by atoms with Crippen LogP contribution in [0.1, 0.15) is 105 Å². The summed E-state index contributed by atoms with van der Waals surface area (Å²) in [7, 11) is 0. The Bertz CT molecular complexity index is 3290. The molecule has 348 valence electrons. The summed E-state index contributed by atoms with van der Waals surface area (Å²) in [4.78, 5) is 9.87. The Hall–Kier alpha value is -7.11. The number of nitrogens with zero attached hydrogens (tertiary/aromatic N) is 4. The number of anilines is 4. The molecule has 0 bridgehead atoms. The normalized spacial score (nSPS) is 13.4. The highest BCUT2D eigenvalue weighted by molar-refractivity contribution is 6.09. The molecule has 1 aliphatic heterocycles. The van der Waals surface area contributed by atoms with Gasteiger partial charge in [0.2, 0.25) is 0 Å². The van der Waals surface area contributed by atoms with Crippen LogP contribution in [0.15, 0.2) is 170 Å². The van der Waals surface area contributed by atoms with E-state index < -0.39 is 0 Å². The molecule has 0 amide bonds. The van der Waals surface area contributed by atoms with Crippen LogP contribution in [0.4, 0.5) is 22.7 Å². The molecule has 0 saturated carbocycles. The van der Waals surface area contributed by atoms with Gasteiger partial charge >= 0.3 is 0 Å². The monoisotopic (exact) mass is 907 g/mol. The van der Waals surface area contributed by atoms with Crippen molar-refractivity contribution in [3.8, 4) is 39.6 Å². The van der Waals surface area contributed by atoms with E-state index in [1.54, 1.807) is 0 Å². The average Bonchev–Trinajstić information content (AvgIpc) is 3.86. The van der Waals surface area contributed by atoms with E-state index >= 15 is 0 Å². The molecule has 0 saturated heterocycles. The smallest absolute Gasteiger partial charge is 0.137 e. The van der Waals surface area contributed by atoms with Crippen LogP contribution >= 0.6 is 0 Å². The van der Waals surface area contributed by atoms with Crippen molar-refractivity contribution in [3.05, 3.63) is 192 Å². The molecular formula is C64H66N4O. The van der Waals surface area contributed by atoms with E-state index in [4.69, 9.17) is 9.72 Å². The topological polar surface area (TPSA) is 33.5 Å². The minimum absolute atomic E-state index is 0.0131. The summed E-state index contributed by atoms with van der Waals surface area (Å²) >= 11 is 0. The molecule has 0 aliphatic carbocycles. The first kappa shape index (κ1) is 45.7. The van der Waals surface area contributed by atoms with Gasteiger partial charge in [-0.25, -0.2) is 4.98 Å². The van der Waals surface area contributed by atoms with E-state index in [1.165, 1.54) is 55.6 Å². The second-order valence-electron chi connectivity index (χ2n) is 23.1. The maximum Gasteiger partial charge on any atom is 0.137 e. The lowest BCUT2D eigenvalue weighted by molar-refractivity contribution is 0.483. The third-order valence-electron chi connectivity index (χ3n) is 14.0. The molecule has 0 spiro atoms. The van der Waals surface area contributed by atoms with Crippen LogP contribution in [0.3, 0.4) is 0 Å². The van der Waals surface area contributed by atoms with Crippen molar-refractivity contribution in [1.29, 1.82) is 0 Å². The Morgan fingerprint density at radius 2 is 0.957 bits per heavy atom. The Balaban J connectivity index is 1.07. The van der Waals surface area contributed by atoms with E-state index in [0.29, 0.717) is 6.67 Å². The van der Waals surface area contributed by atoms with E-state index in [1.807, 2.05) is 6.20 Å². The number of hydrogen-bond acceptors (Lipinski definition) is 4. The summed E-state index contributed by atoms with van der Waals surface area (Å²) in [5.41, 5.74) is 16.8. The number of pyridine rings is 1. The maximum absolute atomic E-state index is 6.84. The van der Waals surface area contributed by atoms with Gasteiger partial charge in [0.1, 0.15) is 24.0 Å². The highest BCUT2D eigenvalue weighted by atomic mass is 16.5. The Labute approximate surface area is 410 Å². The molecule has 5 heteroatoms. The number of fused-ring (bicyclic) bond motifs is 4. The molecule has 0 N–H and O–H groups in total. The van der Waals surface area contributed by atoms with Gasteiger partial charge in [-0.1, -0.05) is 168 Å². The summed E-state index contributed by atoms with van der Waals surface area (Å²) in [6.07, 6.45) is 1.93. The van der Waals surface area contributed by atoms with Gasteiger partial charge in [0.25, 0.3) is 0 Å². The fourth-order valence-corrected chi connectivity index (χ4v) is 9.84. The van der Waals surface area contributed by atoms with Gasteiger partial charge in [0, 0.05) is 45.9 Å². The molecule has 5 nitrogen and oxygen atoms in total. The molecule has 0 atom stereocenters. The second-order valence-corrected chi connectivity index (χ2v) is 23.1. The van der Waals surface area contributed by atoms with Crippen LogP contribution in [0.5, 0.6) is 11.5 Å². The standard InChI is InChI=1S/C64H66N4O/c1-61(2,3)44-28-24-42(25-29-44)53-36-47(64(10,11)12)37-54(43-26-30-45(31-27-43)62(4,5)6)60(53)67-41-66(56-22-15-16-23-57(56)67)48-18-17-19-49(39-48)69-50-32-33-52-51-20-13-14-21-55(51)68(58(52)40-50)59-38-46(34-35-65-59)63(7,8)9/h13-40H,41H2,1-12H3. The van der Waals surface area contributed by atoms with Crippen LogP contribution in [-0.2, 0) is 21.7 Å². The van der Waals surface area contributed by atoms with Gasteiger partial charge in [-0.3, -0.25) is 4.57 Å². The molecule has 7 aromatic carbocycles.